The van der Waals surface area contributed by atoms with Crippen molar-refractivity contribution in [2.75, 3.05) is 6.61 Å². The Hall–Kier alpha value is -1.74. The van der Waals surface area contributed by atoms with E-state index in [4.69, 9.17) is 24.3 Å². The van der Waals surface area contributed by atoms with Gasteiger partial charge in [0, 0.05) is 0 Å². The first kappa shape index (κ1) is 20.2. The molecule has 5 heterocycles. The van der Waals surface area contributed by atoms with E-state index in [0.717, 1.165) is 0 Å². The Morgan fingerprint density at radius 3 is 3.13 bits per heavy atom. The van der Waals surface area contributed by atoms with Crippen molar-refractivity contribution in [2.24, 2.45) is 10.7 Å². The van der Waals surface area contributed by atoms with Crippen LogP contribution < -0.4 is 16.4 Å². The van der Waals surface area contributed by atoms with E-state index in [0.29, 0.717) is 11.5 Å². The second-order valence-electron chi connectivity index (χ2n) is 7.20. The van der Waals surface area contributed by atoms with E-state index in [1.54, 1.807) is 4.90 Å². The van der Waals surface area contributed by atoms with E-state index in [-0.39, 0.29) is 6.61 Å². The monoisotopic (exact) mass is 503 g/mol. The van der Waals surface area contributed by atoms with E-state index in [9.17, 15) is 9.69 Å². The fourth-order valence-corrected chi connectivity index (χ4v) is 5.79. The molecule has 0 radical (unpaired) electrons. The van der Waals surface area contributed by atoms with Gasteiger partial charge in [0.1, 0.15) is 0 Å². The topological polar surface area (TPSA) is 158 Å². The molecule has 1 aromatic rings. The Morgan fingerprint density at radius 1 is 1.53 bits per heavy atom. The van der Waals surface area contributed by atoms with E-state index in [2.05, 4.69) is 36.5 Å². The van der Waals surface area contributed by atoms with Gasteiger partial charge in [-0.2, -0.15) is 0 Å². The second-order valence-corrected chi connectivity index (χ2v) is 10.4. The number of ether oxygens (including phenoxy) is 2. The summed E-state index contributed by atoms with van der Waals surface area (Å²) in [5.74, 6) is 0.542. The number of nitrogens with one attached hydrogen (secondary N) is 2. The van der Waals surface area contributed by atoms with Gasteiger partial charge in [-0.3, -0.25) is 0 Å². The van der Waals surface area contributed by atoms with Crippen LogP contribution in [0.15, 0.2) is 35.2 Å². The first-order chi connectivity index (χ1) is 14.3. The van der Waals surface area contributed by atoms with Crippen LogP contribution in [0.1, 0.15) is 0 Å². The van der Waals surface area contributed by atoms with Crippen LogP contribution >= 0.6 is 23.8 Å². The molecule has 4 aliphatic heterocycles. The molecule has 0 aromatic carbocycles. The number of halogens is 1. The molecule has 13 nitrogen and oxygen atoms in total. The maximum atomic E-state index is 12.7. The van der Waals surface area contributed by atoms with Crippen molar-refractivity contribution in [3.63, 3.8) is 0 Å². The molecule has 16 heteroatoms. The maximum absolute atomic E-state index is 12.7. The molecule has 162 valence electrons. The molecule has 2 fully saturated rings. The van der Waals surface area contributed by atoms with Crippen LogP contribution in [0.3, 0.4) is 0 Å². The van der Waals surface area contributed by atoms with Crippen molar-refractivity contribution in [1.29, 1.82) is 0 Å². The fraction of sp³-hybridized carbons (Fsp3) is 0.500. The number of hydrogen-bond donors (Lipinski definition) is 4. The predicted molar refractivity (Wildman–Crippen MR) is 111 cm³/mol. The first-order valence-corrected chi connectivity index (χ1v) is 12.4. The van der Waals surface area contributed by atoms with Crippen molar-refractivity contribution >= 4 is 43.7 Å². The van der Waals surface area contributed by atoms with Gasteiger partial charge in [-0.25, -0.2) is 0 Å². The van der Waals surface area contributed by atoms with Gasteiger partial charge in [0.2, 0.25) is 0 Å². The number of carbonyl (C=O) groups is 1. The van der Waals surface area contributed by atoms with Crippen LogP contribution in [0.25, 0.3) is 0 Å². The van der Waals surface area contributed by atoms with Crippen molar-refractivity contribution in [3.05, 3.63) is 30.2 Å². The Bertz CT molecular complexity index is 903. The SMILES string of the molecule is B[PH]1(O)OCC2OC(N3C4=C(NC3Br)C(N)NC=N4)C(OC(=O)n3ccnc3)[C@@H]2O1. The standard InChI is InChI=1S/C14H20BBrN7O6P/c15-30(25)26-3-6-8(29-30)9(28-14(24)22-2-1-18-5-22)12(27-6)23-11-7(21-13(23)16)10(17)19-4-20-11/h1-2,4-6,8-10,12-13,21,25,30H,3,15,17H2,(H,19,20)/t6?,8-,9?,10?,12?,13?/m1/s1. The minimum atomic E-state index is -3.37. The Balaban J connectivity index is 1.48. The molecule has 5 N–H and O–H groups in total. The van der Waals surface area contributed by atoms with E-state index < -0.39 is 49.7 Å². The average molecular weight is 504 g/mol. The zero-order valence-corrected chi connectivity index (χ0v) is 18.3. The van der Waals surface area contributed by atoms with Crippen molar-refractivity contribution in [2.45, 2.75) is 35.8 Å². The number of imidazole rings is 1. The Kier molecular flexibility index (Phi) is 5.01. The quantitative estimate of drug-likeness (QED) is 0.154. The van der Waals surface area contributed by atoms with E-state index >= 15 is 0 Å². The van der Waals surface area contributed by atoms with Gasteiger partial charge in [0.05, 0.1) is 0 Å². The summed E-state index contributed by atoms with van der Waals surface area (Å²) in [5.41, 5.74) is 6.76. The van der Waals surface area contributed by atoms with Gasteiger partial charge >= 0.3 is 180 Å². The number of aliphatic imine (C=N–C) groups is 1. The molecule has 0 bridgehead atoms. The fourth-order valence-electron chi connectivity index (χ4n) is 3.79. The summed E-state index contributed by atoms with van der Waals surface area (Å²) in [7, 11) is -1.87. The Labute approximate surface area is 180 Å². The zero-order chi connectivity index (χ0) is 21.0. The van der Waals surface area contributed by atoms with Crippen LogP contribution in [-0.4, -0.2) is 81.7 Å². The normalized spacial score (nSPS) is 37.8. The Morgan fingerprint density at radius 2 is 2.37 bits per heavy atom. The summed E-state index contributed by atoms with van der Waals surface area (Å²) < 4.78 is 24.4. The molecule has 4 aliphatic rings. The number of hydrogen-bond acceptors (Lipinski definition) is 12. The van der Waals surface area contributed by atoms with E-state index in [1.165, 1.54) is 37.2 Å². The third kappa shape index (κ3) is 3.40. The summed E-state index contributed by atoms with van der Waals surface area (Å²) in [6, 6.07) is 0. The third-order valence-electron chi connectivity index (χ3n) is 5.14. The van der Waals surface area contributed by atoms with Crippen LogP contribution in [0, 0.1) is 0 Å². The van der Waals surface area contributed by atoms with Gasteiger partial charge in [0.25, 0.3) is 0 Å². The number of rotatable bonds is 2. The summed E-state index contributed by atoms with van der Waals surface area (Å²) in [5, 5.41) is 5.69. The van der Waals surface area contributed by atoms with Gasteiger partial charge in [0.15, 0.2) is 0 Å². The van der Waals surface area contributed by atoms with Crippen LogP contribution in [0.2, 0.25) is 0 Å². The number of alkyl halides is 1. The molecule has 6 atom stereocenters. The van der Waals surface area contributed by atoms with Crippen LogP contribution in [0.4, 0.5) is 4.79 Å². The molecule has 30 heavy (non-hydrogen) atoms. The van der Waals surface area contributed by atoms with Crippen molar-refractivity contribution < 1.29 is 28.2 Å². The van der Waals surface area contributed by atoms with Gasteiger partial charge in [-0.1, -0.05) is 0 Å². The summed E-state index contributed by atoms with van der Waals surface area (Å²) in [4.78, 5) is 33.1. The number of aromatic nitrogens is 2. The molecular weight excluding hydrogens is 484 g/mol. The number of carbonyl (C=O) groups excluding carboxylic acids is 1. The summed E-state index contributed by atoms with van der Waals surface area (Å²) in [6.07, 6.45) is 1.70. The molecule has 0 aliphatic carbocycles. The molecule has 0 spiro atoms. The van der Waals surface area contributed by atoms with Crippen molar-refractivity contribution in [1.82, 2.24) is 25.1 Å². The molecule has 0 saturated carbocycles. The molecule has 5 rings (SSSR count). The number of fused-ring (bicyclic) bond motifs is 1. The summed E-state index contributed by atoms with van der Waals surface area (Å²) >= 11 is 3.55. The molecular formula is C14H20BBrN7O6P. The van der Waals surface area contributed by atoms with Crippen LogP contribution in [0.5, 0.6) is 0 Å². The zero-order valence-electron chi connectivity index (χ0n) is 15.7. The molecule has 5 unspecified atom stereocenters. The predicted octanol–water partition coefficient (Wildman–Crippen LogP) is -1.92. The number of nitrogens with two attached hydrogens (primary N) is 1. The molecule has 1 aromatic heterocycles. The second kappa shape index (κ2) is 7.44. The summed E-state index contributed by atoms with van der Waals surface area (Å²) in [6.45, 7) is 0.115. The van der Waals surface area contributed by atoms with Gasteiger partial charge in [-0.05, 0) is 0 Å². The molecule has 2 saturated heterocycles. The first-order valence-electron chi connectivity index (χ1n) is 9.20. The van der Waals surface area contributed by atoms with Crippen molar-refractivity contribution in [3.8, 4) is 0 Å². The van der Waals surface area contributed by atoms with Crippen LogP contribution in [-0.2, 0) is 18.5 Å². The average Bonchev–Trinajstić information content (AvgIpc) is 3.40. The van der Waals surface area contributed by atoms with E-state index in [1.807, 2.05) is 0 Å². The number of nitrogens with zero attached hydrogens (tertiary/aromatic N) is 4. The molecule has 0 amide bonds. The van der Waals surface area contributed by atoms with Gasteiger partial charge in [-0.15, -0.1) is 0 Å². The third-order valence-corrected chi connectivity index (χ3v) is 7.22. The minimum absolute atomic E-state index is 0.115. The van der Waals surface area contributed by atoms with Gasteiger partial charge < -0.3 is 0 Å².